The van der Waals surface area contributed by atoms with Crippen molar-refractivity contribution in [3.63, 3.8) is 0 Å². The number of halogens is 3. The predicted octanol–water partition coefficient (Wildman–Crippen LogP) is 3.47. The maximum atomic E-state index is 12.4. The van der Waals surface area contributed by atoms with Crippen LogP contribution in [0, 0.1) is 11.3 Å². The molecule has 1 saturated carbocycles. The van der Waals surface area contributed by atoms with Crippen LogP contribution >= 0.6 is 11.3 Å². The summed E-state index contributed by atoms with van der Waals surface area (Å²) >= 11 is 0.851. The Bertz CT molecular complexity index is 394. The molecule has 0 saturated heterocycles. The van der Waals surface area contributed by atoms with E-state index in [1.54, 1.807) is 6.07 Å². The molecule has 0 unspecified atom stereocenters. The molecule has 0 radical (unpaired) electrons. The minimum atomic E-state index is -4.22. The molecule has 2 rings (SSSR count). The molecule has 5 heteroatoms. The highest BCUT2D eigenvalue weighted by atomic mass is 32.1. The number of nitrogens with two attached hydrogens (primary N) is 1. The molecule has 2 atom stereocenters. The molecule has 1 aromatic heterocycles. The third-order valence-electron chi connectivity index (χ3n) is 3.52. The van der Waals surface area contributed by atoms with Crippen molar-refractivity contribution in [2.45, 2.75) is 25.9 Å². The lowest BCUT2D eigenvalue weighted by molar-refractivity contribution is -0.134. The second-order valence-electron chi connectivity index (χ2n) is 4.84. The first-order chi connectivity index (χ1) is 7.28. The van der Waals surface area contributed by atoms with Gasteiger partial charge in [0.25, 0.3) is 0 Å². The molecular weight excluding hydrogens is 235 g/mol. The van der Waals surface area contributed by atoms with Gasteiger partial charge in [0.05, 0.1) is 0 Å². The Kier molecular flexibility index (Phi) is 2.58. The highest BCUT2D eigenvalue weighted by Crippen LogP contribution is 2.65. The van der Waals surface area contributed by atoms with Crippen molar-refractivity contribution in [1.29, 1.82) is 0 Å². The standard InChI is InChI=1S/C11H14F3NS/c1-10(2)6(5-15)9(10)7-3-4-8(16-7)11(12,13)14/h3-4,6,9H,5,15H2,1-2H3/t6-,9+/m1/s1. The van der Waals surface area contributed by atoms with E-state index in [2.05, 4.69) is 13.8 Å². The van der Waals surface area contributed by atoms with Gasteiger partial charge in [-0.05, 0) is 30.0 Å². The molecule has 90 valence electrons. The molecule has 1 fully saturated rings. The Morgan fingerprint density at radius 1 is 1.38 bits per heavy atom. The molecule has 2 N–H and O–H groups in total. The second kappa shape index (κ2) is 3.47. The van der Waals surface area contributed by atoms with Crippen molar-refractivity contribution >= 4 is 11.3 Å². The van der Waals surface area contributed by atoms with Crippen molar-refractivity contribution in [1.82, 2.24) is 0 Å². The van der Waals surface area contributed by atoms with Crippen LogP contribution in [-0.2, 0) is 6.18 Å². The van der Waals surface area contributed by atoms with E-state index < -0.39 is 11.1 Å². The first kappa shape index (κ1) is 11.9. The lowest BCUT2D eigenvalue weighted by Gasteiger charge is -2.01. The summed E-state index contributed by atoms with van der Waals surface area (Å²) in [6, 6.07) is 2.76. The van der Waals surface area contributed by atoms with Gasteiger partial charge < -0.3 is 5.73 Å². The van der Waals surface area contributed by atoms with Gasteiger partial charge in [-0.15, -0.1) is 11.3 Å². The third kappa shape index (κ3) is 1.76. The fourth-order valence-electron chi connectivity index (χ4n) is 2.42. The van der Waals surface area contributed by atoms with Gasteiger partial charge in [-0.25, -0.2) is 0 Å². The minimum absolute atomic E-state index is 0.0441. The van der Waals surface area contributed by atoms with Gasteiger partial charge in [0.15, 0.2) is 0 Å². The predicted molar refractivity (Wildman–Crippen MR) is 58.4 cm³/mol. The number of alkyl halides is 3. The molecular formula is C11H14F3NS. The van der Waals surface area contributed by atoms with Crippen LogP contribution in [0.1, 0.15) is 29.5 Å². The van der Waals surface area contributed by atoms with Crippen molar-refractivity contribution < 1.29 is 13.2 Å². The van der Waals surface area contributed by atoms with E-state index in [-0.39, 0.29) is 11.3 Å². The molecule has 0 spiro atoms. The average Bonchev–Trinajstić information content (AvgIpc) is 2.57. The largest absolute Gasteiger partial charge is 0.425 e. The molecule has 1 aliphatic rings. The van der Waals surface area contributed by atoms with Crippen LogP contribution in [0.5, 0.6) is 0 Å². The van der Waals surface area contributed by atoms with Crippen LogP contribution in [0.15, 0.2) is 12.1 Å². The minimum Gasteiger partial charge on any atom is -0.330 e. The zero-order valence-corrected chi connectivity index (χ0v) is 9.95. The van der Waals surface area contributed by atoms with Crippen LogP contribution in [0.4, 0.5) is 13.2 Å². The van der Waals surface area contributed by atoms with Gasteiger partial charge in [0.1, 0.15) is 4.88 Å². The highest BCUT2D eigenvalue weighted by Gasteiger charge is 2.58. The molecule has 1 aliphatic carbocycles. The second-order valence-corrected chi connectivity index (χ2v) is 5.96. The van der Waals surface area contributed by atoms with Crippen molar-refractivity contribution in [3.05, 3.63) is 21.9 Å². The third-order valence-corrected chi connectivity index (χ3v) is 4.73. The molecule has 0 amide bonds. The van der Waals surface area contributed by atoms with E-state index in [0.717, 1.165) is 16.2 Å². The molecule has 0 aromatic carbocycles. The zero-order valence-electron chi connectivity index (χ0n) is 9.14. The molecule has 0 aliphatic heterocycles. The summed E-state index contributed by atoms with van der Waals surface area (Å²) < 4.78 is 37.3. The van der Waals surface area contributed by atoms with Crippen molar-refractivity contribution in [3.8, 4) is 0 Å². The maximum Gasteiger partial charge on any atom is 0.425 e. The van der Waals surface area contributed by atoms with Gasteiger partial charge in [0.2, 0.25) is 0 Å². The van der Waals surface area contributed by atoms with Gasteiger partial charge in [0, 0.05) is 10.8 Å². The molecule has 0 bridgehead atoms. The SMILES string of the molecule is CC1(C)[C@H](CN)[C@H]1c1ccc(C(F)(F)F)s1. The summed E-state index contributed by atoms with van der Waals surface area (Å²) in [5.74, 6) is 0.505. The Hall–Kier alpha value is -0.550. The van der Waals surface area contributed by atoms with E-state index in [4.69, 9.17) is 5.73 Å². The Morgan fingerprint density at radius 3 is 2.38 bits per heavy atom. The van der Waals surface area contributed by atoms with Crippen LogP contribution in [-0.4, -0.2) is 6.54 Å². The van der Waals surface area contributed by atoms with Gasteiger partial charge in [-0.1, -0.05) is 13.8 Å². The summed E-state index contributed by atoms with van der Waals surface area (Å²) in [4.78, 5) is 0.300. The van der Waals surface area contributed by atoms with E-state index in [1.165, 1.54) is 6.07 Å². The van der Waals surface area contributed by atoms with Gasteiger partial charge in [-0.2, -0.15) is 13.2 Å². The Labute approximate surface area is 96.5 Å². The summed E-state index contributed by atoms with van der Waals surface area (Å²) in [6.45, 7) is 4.65. The van der Waals surface area contributed by atoms with Crippen molar-refractivity contribution in [2.75, 3.05) is 6.54 Å². The topological polar surface area (TPSA) is 26.0 Å². The van der Waals surface area contributed by atoms with E-state index in [0.29, 0.717) is 12.5 Å². The summed E-state index contributed by atoms with van der Waals surface area (Å²) in [6.07, 6.45) is -4.22. The highest BCUT2D eigenvalue weighted by molar-refractivity contribution is 7.12. The van der Waals surface area contributed by atoms with Crippen molar-refractivity contribution in [2.24, 2.45) is 17.1 Å². The normalized spacial score (nSPS) is 28.1. The Morgan fingerprint density at radius 2 is 2.00 bits per heavy atom. The van der Waals surface area contributed by atoms with Crippen LogP contribution in [0.25, 0.3) is 0 Å². The molecule has 1 aromatic rings. The van der Waals surface area contributed by atoms with Gasteiger partial charge in [-0.3, -0.25) is 0 Å². The molecule has 1 nitrogen and oxygen atoms in total. The number of thiophene rings is 1. The fraction of sp³-hybridized carbons (Fsp3) is 0.636. The van der Waals surface area contributed by atoms with Crippen LogP contribution in [0.2, 0.25) is 0 Å². The molecule has 1 heterocycles. The lowest BCUT2D eigenvalue weighted by Crippen LogP contribution is -2.05. The lowest BCUT2D eigenvalue weighted by atomic mass is 10.1. The first-order valence-corrected chi connectivity index (χ1v) is 5.97. The monoisotopic (exact) mass is 249 g/mol. The quantitative estimate of drug-likeness (QED) is 0.853. The van der Waals surface area contributed by atoms with Gasteiger partial charge >= 0.3 is 6.18 Å². The van der Waals surface area contributed by atoms with E-state index in [9.17, 15) is 13.2 Å². The van der Waals surface area contributed by atoms with E-state index in [1.807, 2.05) is 0 Å². The summed E-state index contributed by atoms with van der Waals surface area (Å²) in [7, 11) is 0. The number of hydrogen-bond acceptors (Lipinski definition) is 2. The summed E-state index contributed by atoms with van der Waals surface area (Å²) in [5.41, 5.74) is 5.66. The number of hydrogen-bond donors (Lipinski definition) is 1. The smallest absolute Gasteiger partial charge is 0.330 e. The maximum absolute atomic E-state index is 12.4. The average molecular weight is 249 g/mol. The van der Waals surface area contributed by atoms with Crippen LogP contribution < -0.4 is 5.73 Å². The van der Waals surface area contributed by atoms with E-state index >= 15 is 0 Å². The zero-order chi connectivity index (χ0) is 12.1. The first-order valence-electron chi connectivity index (χ1n) is 5.15. The molecule has 16 heavy (non-hydrogen) atoms. The van der Waals surface area contributed by atoms with Crippen LogP contribution in [0.3, 0.4) is 0 Å². The fourth-order valence-corrected chi connectivity index (χ4v) is 3.66. The Balaban J connectivity index is 2.22. The summed E-state index contributed by atoms with van der Waals surface area (Å²) in [5, 5.41) is 0. The number of rotatable bonds is 2.